The van der Waals surface area contributed by atoms with Gasteiger partial charge >= 0.3 is 0 Å². The van der Waals surface area contributed by atoms with Crippen molar-refractivity contribution < 1.29 is 10.2 Å². The van der Waals surface area contributed by atoms with Crippen LogP contribution in [0.3, 0.4) is 0 Å². The molecule has 3 nitrogen and oxygen atoms in total. The highest BCUT2D eigenvalue weighted by Gasteiger charge is 2.37. The van der Waals surface area contributed by atoms with E-state index in [4.69, 9.17) is 0 Å². The van der Waals surface area contributed by atoms with Crippen molar-refractivity contribution in [3.05, 3.63) is 95.8 Å². The molecule has 1 heterocycles. The monoisotopic (exact) mass is 305 g/mol. The van der Waals surface area contributed by atoms with Gasteiger partial charge in [-0.05, 0) is 42.3 Å². The normalized spacial score (nSPS) is 14.9. The highest BCUT2D eigenvalue weighted by atomic mass is 16.3. The molecular weight excluding hydrogens is 286 g/mol. The van der Waals surface area contributed by atoms with Crippen molar-refractivity contribution in [2.75, 3.05) is 0 Å². The average Bonchev–Trinajstić information content (AvgIpc) is 2.57. The maximum atomic E-state index is 11.3. The summed E-state index contributed by atoms with van der Waals surface area (Å²) >= 11 is 0. The predicted molar refractivity (Wildman–Crippen MR) is 90.2 cm³/mol. The third kappa shape index (κ3) is 3.10. The lowest BCUT2D eigenvalue weighted by molar-refractivity contribution is 0.0378. The second-order valence-electron chi connectivity index (χ2n) is 5.80. The van der Waals surface area contributed by atoms with Crippen molar-refractivity contribution >= 4 is 0 Å². The van der Waals surface area contributed by atoms with E-state index in [1.807, 2.05) is 54.6 Å². The molecule has 23 heavy (non-hydrogen) atoms. The van der Waals surface area contributed by atoms with Crippen LogP contribution in [-0.4, -0.2) is 15.2 Å². The van der Waals surface area contributed by atoms with Crippen LogP contribution in [0.4, 0.5) is 0 Å². The topological polar surface area (TPSA) is 53.4 Å². The van der Waals surface area contributed by atoms with Crippen LogP contribution in [0.5, 0.6) is 5.75 Å². The number of phenols is 1. The van der Waals surface area contributed by atoms with Gasteiger partial charge in [-0.2, -0.15) is 0 Å². The van der Waals surface area contributed by atoms with Gasteiger partial charge in [0.15, 0.2) is 0 Å². The molecule has 3 rings (SSSR count). The lowest BCUT2D eigenvalue weighted by atomic mass is 9.76. The van der Waals surface area contributed by atoms with Crippen molar-refractivity contribution in [3.63, 3.8) is 0 Å². The van der Waals surface area contributed by atoms with E-state index in [2.05, 4.69) is 4.98 Å². The van der Waals surface area contributed by atoms with Crippen molar-refractivity contribution in [2.45, 2.75) is 18.4 Å². The Bertz CT molecular complexity index is 730. The Morgan fingerprint density at radius 2 is 1.65 bits per heavy atom. The van der Waals surface area contributed by atoms with Gasteiger partial charge in [-0.25, -0.2) is 0 Å². The number of nitrogens with zero attached hydrogens (tertiary/aromatic N) is 1. The molecule has 0 spiro atoms. The first kappa shape index (κ1) is 15.3. The van der Waals surface area contributed by atoms with Gasteiger partial charge in [-0.3, -0.25) is 4.98 Å². The molecule has 3 aromatic rings. The third-order valence-corrected chi connectivity index (χ3v) is 4.11. The van der Waals surface area contributed by atoms with Crippen LogP contribution in [0.2, 0.25) is 0 Å². The summed E-state index contributed by atoms with van der Waals surface area (Å²) in [5.74, 6) is -0.206. The first-order chi connectivity index (χ1) is 11.1. The minimum Gasteiger partial charge on any atom is -0.508 e. The van der Waals surface area contributed by atoms with Crippen LogP contribution >= 0.6 is 0 Å². The summed E-state index contributed by atoms with van der Waals surface area (Å²) in [6.45, 7) is 1.76. The van der Waals surface area contributed by atoms with Crippen molar-refractivity contribution in [2.24, 2.45) is 0 Å². The molecular formula is C20H19NO2. The van der Waals surface area contributed by atoms with E-state index in [9.17, 15) is 10.2 Å². The van der Waals surface area contributed by atoms with E-state index in [1.54, 1.807) is 31.3 Å². The molecule has 0 radical (unpaired) electrons. The van der Waals surface area contributed by atoms with Gasteiger partial charge < -0.3 is 10.2 Å². The standard InChI is InChI=1S/C20H19NO2/c1-20(23,16-10-7-11-17(22)14-16)19(15-8-3-2-4-9-15)18-12-5-6-13-21-18/h2-14,19,22-23H,1H3/t19-,20+/m0/s1. The minimum absolute atomic E-state index is 0.135. The van der Waals surface area contributed by atoms with Crippen LogP contribution in [0.15, 0.2) is 79.0 Å². The molecule has 0 amide bonds. The number of rotatable bonds is 4. The molecule has 0 bridgehead atoms. The smallest absolute Gasteiger partial charge is 0.115 e. The van der Waals surface area contributed by atoms with Gasteiger partial charge in [-0.1, -0.05) is 48.5 Å². The molecule has 0 saturated carbocycles. The highest BCUT2D eigenvalue weighted by Crippen LogP contribution is 2.41. The summed E-state index contributed by atoms with van der Waals surface area (Å²) < 4.78 is 0. The Hall–Kier alpha value is -2.65. The molecule has 0 saturated heterocycles. The third-order valence-electron chi connectivity index (χ3n) is 4.11. The fraction of sp³-hybridized carbons (Fsp3) is 0.150. The van der Waals surface area contributed by atoms with Crippen molar-refractivity contribution in [1.29, 1.82) is 0 Å². The first-order valence-electron chi connectivity index (χ1n) is 7.57. The van der Waals surface area contributed by atoms with Crippen LogP contribution in [0.1, 0.15) is 29.7 Å². The fourth-order valence-corrected chi connectivity index (χ4v) is 2.96. The molecule has 0 aliphatic rings. The lowest BCUT2D eigenvalue weighted by Gasteiger charge is -2.33. The van der Waals surface area contributed by atoms with Gasteiger partial charge in [0.1, 0.15) is 5.75 Å². The molecule has 0 unspecified atom stereocenters. The summed E-state index contributed by atoms with van der Waals surface area (Å²) in [6.07, 6.45) is 1.73. The second kappa shape index (κ2) is 6.23. The molecule has 1 aromatic heterocycles. The maximum absolute atomic E-state index is 11.3. The molecule has 2 atom stereocenters. The van der Waals surface area contributed by atoms with Gasteiger partial charge in [0.2, 0.25) is 0 Å². The molecule has 3 heteroatoms. The number of benzene rings is 2. The molecule has 2 aromatic carbocycles. The summed E-state index contributed by atoms with van der Waals surface area (Å²) in [6, 6.07) is 22.2. The fourth-order valence-electron chi connectivity index (χ4n) is 2.96. The first-order valence-corrected chi connectivity index (χ1v) is 7.57. The Morgan fingerprint density at radius 3 is 2.30 bits per heavy atom. The van der Waals surface area contributed by atoms with E-state index in [0.29, 0.717) is 5.56 Å². The molecule has 2 N–H and O–H groups in total. The molecule has 116 valence electrons. The quantitative estimate of drug-likeness (QED) is 0.770. The van der Waals surface area contributed by atoms with E-state index >= 15 is 0 Å². The van der Waals surface area contributed by atoms with Crippen LogP contribution in [0, 0.1) is 0 Å². The summed E-state index contributed by atoms with van der Waals surface area (Å²) in [5, 5.41) is 21.1. The van der Waals surface area contributed by atoms with E-state index < -0.39 is 5.60 Å². The van der Waals surface area contributed by atoms with Crippen molar-refractivity contribution in [3.8, 4) is 5.75 Å². The number of hydrogen-bond donors (Lipinski definition) is 2. The molecule has 0 aliphatic heterocycles. The highest BCUT2D eigenvalue weighted by molar-refractivity contribution is 5.39. The van der Waals surface area contributed by atoms with Gasteiger partial charge in [0.25, 0.3) is 0 Å². The van der Waals surface area contributed by atoms with E-state index in [-0.39, 0.29) is 11.7 Å². The van der Waals surface area contributed by atoms with E-state index in [0.717, 1.165) is 11.3 Å². The van der Waals surface area contributed by atoms with Crippen LogP contribution in [0.25, 0.3) is 0 Å². The number of hydrogen-bond acceptors (Lipinski definition) is 3. The number of aromatic hydroxyl groups is 1. The minimum atomic E-state index is -1.21. The SMILES string of the molecule is C[C@@](O)(c1cccc(O)c1)[C@@H](c1ccccc1)c1ccccn1. The van der Waals surface area contributed by atoms with E-state index in [1.165, 1.54) is 0 Å². The zero-order chi connectivity index (χ0) is 16.3. The second-order valence-corrected chi connectivity index (χ2v) is 5.80. The van der Waals surface area contributed by atoms with Crippen molar-refractivity contribution in [1.82, 2.24) is 4.98 Å². The summed E-state index contributed by atoms with van der Waals surface area (Å²) in [4.78, 5) is 4.45. The van der Waals surface area contributed by atoms with Crippen LogP contribution in [-0.2, 0) is 5.60 Å². The molecule has 0 fully saturated rings. The zero-order valence-corrected chi connectivity index (χ0v) is 12.9. The maximum Gasteiger partial charge on any atom is 0.115 e. The number of aromatic nitrogens is 1. The predicted octanol–water partition coefficient (Wildman–Crippen LogP) is 3.83. The van der Waals surface area contributed by atoms with Gasteiger partial charge in [-0.15, -0.1) is 0 Å². The Balaban J connectivity index is 2.15. The zero-order valence-electron chi connectivity index (χ0n) is 12.9. The largest absolute Gasteiger partial charge is 0.508 e. The average molecular weight is 305 g/mol. The number of pyridine rings is 1. The Morgan fingerprint density at radius 1 is 0.913 bits per heavy atom. The van der Waals surface area contributed by atoms with Crippen LogP contribution < -0.4 is 0 Å². The number of phenolic OH excluding ortho intramolecular Hbond substituents is 1. The number of aliphatic hydroxyl groups is 1. The Kier molecular flexibility index (Phi) is 4.13. The lowest BCUT2D eigenvalue weighted by Crippen LogP contribution is -2.31. The summed E-state index contributed by atoms with van der Waals surface area (Å²) in [7, 11) is 0. The Labute approximate surface area is 135 Å². The summed E-state index contributed by atoms with van der Waals surface area (Å²) in [5.41, 5.74) is 1.19. The van der Waals surface area contributed by atoms with Gasteiger partial charge in [0.05, 0.1) is 17.2 Å². The van der Waals surface area contributed by atoms with Gasteiger partial charge in [0, 0.05) is 6.20 Å². The molecule has 0 aliphatic carbocycles.